The van der Waals surface area contributed by atoms with E-state index < -0.39 is 0 Å². The van der Waals surface area contributed by atoms with Crippen LogP contribution in [0, 0.1) is 0 Å². The Kier molecular flexibility index (Phi) is 7.17. The molecule has 0 bridgehead atoms. The zero-order chi connectivity index (χ0) is 19.8. The van der Waals surface area contributed by atoms with E-state index in [0.29, 0.717) is 11.7 Å². The fourth-order valence-corrected chi connectivity index (χ4v) is 3.10. The Labute approximate surface area is 172 Å². The largest absolute Gasteiger partial charge is 0.363 e. The molecule has 6 heteroatoms. The Morgan fingerprint density at radius 1 is 1.00 bits per heavy atom. The number of hydrogen-bond donors (Lipinski definition) is 2. The van der Waals surface area contributed by atoms with Crippen LogP contribution in [0.2, 0.25) is 0 Å². The molecule has 0 radical (unpaired) electrons. The molecule has 0 saturated heterocycles. The minimum Gasteiger partial charge on any atom is -0.363 e. The van der Waals surface area contributed by atoms with Crippen molar-refractivity contribution >= 4 is 17.3 Å². The highest BCUT2D eigenvalue weighted by atomic mass is 32.1. The number of nitrogens with one attached hydrogen (secondary N) is 2. The molecular formula is C22H27N5S. The van der Waals surface area contributed by atoms with Gasteiger partial charge in [0.2, 0.25) is 0 Å². The molecule has 1 heterocycles. The van der Waals surface area contributed by atoms with E-state index in [9.17, 15) is 0 Å². The Morgan fingerprint density at radius 3 is 2.36 bits per heavy atom. The van der Waals surface area contributed by atoms with Crippen molar-refractivity contribution in [1.82, 2.24) is 25.3 Å². The Morgan fingerprint density at radius 2 is 1.68 bits per heavy atom. The van der Waals surface area contributed by atoms with Gasteiger partial charge < -0.3 is 15.5 Å². The summed E-state index contributed by atoms with van der Waals surface area (Å²) >= 11 is 5.43. The van der Waals surface area contributed by atoms with Gasteiger partial charge in [-0.25, -0.2) is 4.68 Å². The van der Waals surface area contributed by atoms with Gasteiger partial charge in [0.25, 0.3) is 0 Å². The first-order chi connectivity index (χ1) is 13.6. The summed E-state index contributed by atoms with van der Waals surface area (Å²) in [6, 6.07) is 20.4. The summed E-state index contributed by atoms with van der Waals surface area (Å²) in [7, 11) is 4.15. The first-order valence-electron chi connectivity index (χ1n) is 9.49. The SMILES string of the molecule is CN(C)CCCNC(=S)NCc1cn(-c2ccccc2)nc1-c1ccccc1. The lowest BCUT2D eigenvalue weighted by atomic mass is 10.1. The zero-order valence-corrected chi connectivity index (χ0v) is 17.2. The van der Waals surface area contributed by atoms with Crippen molar-refractivity contribution < 1.29 is 0 Å². The van der Waals surface area contributed by atoms with Gasteiger partial charge in [-0.15, -0.1) is 0 Å². The quantitative estimate of drug-likeness (QED) is 0.453. The lowest BCUT2D eigenvalue weighted by Gasteiger charge is -2.12. The molecule has 3 aromatic rings. The van der Waals surface area contributed by atoms with E-state index >= 15 is 0 Å². The lowest BCUT2D eigenvalue weighted by Crippen LogP contribution is -2.36. The van der Waals surface area contributed by atoms with E-state index in [2.05, 4.69) is 60.1 Å². The Balaban J connectivity index is 1.70. The van der Waals surface area contributed by atoms with Crippen LogP contribution in [0.3, 0.4) is 0 Å². The summed E-state index contributed by atoms with van der Waals surface area (Å²) in [6.07, 6.45) is 3.12. The van der Waals surface area contributed by atoms with Crippen LogP contribution >= 0.6 is 12.2 Å². The number of para-hydroxylation sites is 1. The van der Waals surface area contributed by atoms with Gasteiger partial charge in [-0.2, -0.15) is 5.10 Å². The van der Waals surface area contributed by atoms with Crippen molar-refractivity contribution in [2.24, 2.45) is 0 Å². The van der Waals surface area contributed by atoms with Gasteiger partial charge in [0, 0.05) is 30.4 Å². The standard InChI is InChI=1S/C22H27N5S/c1-26(2)15-9-14-23-22(28)24-16-19-17-27(20-12-7-4-8-13-20)25-21(19)18-10-5-3-6-11-18/h3-8,10-13,17H,9,14-16H2,1-2H3,(H2,23,24,28). The van der Waals surface area contributed by atoms with Gasteiger partial charge >= 0.3 is 0 Å². The van der Waals surface area contributed by atoms with Crippen molar-refractivity contribution in [3.05, 3.63) is 72.4 Å². The molecule has 0 spiro atoms. The molecule has 0 amide bonds. The molecule has 1 aromatic heterocycles. The number of thiocarbonyl (C=S) groups is 1. The minimum absolute atomic E-state index is 0.622. The molecule has 0 aliphatic rings. The van der Waals surface area contributed by atoms with Gasteiger partial charge in [-0.1, -0.05) is 48.5 Å². The lowest BCUT2D eigenvalue weighted by molar-refractivity contribution is 0.400. The fourth-order valence-electron chi connectivity index (χ4n) is 2.93. The molecular weight excluding hydrogens is 366 g/mol. The third-order valence-corrected chi connectivity index (χ3v) is 4.65. The fraction of sp³-hybridized carbons (Fsp3) is 0.273. The average molecular weight is 394 g/mol. The van der Waals surface area contributed by atoms with E-state index in [1.807, 2.05) is 41.1 Å². The highest BCUT2D eigenvalue weighted by molar-refractivity contribution is 7.80. The maximum absolute atomic E-state index is 5.43. The first kappa shape index (κ1) is 20.0. The minimum atomic E-state index is 0.622. The zero-order valence-electron chi connectivity index (χ0n) is 16.4. The van der Waals surface area contributed by atoms with Crippen LogP contribution in [0.4, 0.5) is 0 Å². The van der Waals surface area contributed by atoms with E-state index in [4.69, 9.17) is 17.3 Å². The van der Waals surface area contributed by atoms with Gasteiger partial charge in [-0.05, 0) is 51.4 Å². The summed E-state index contributed by atoms with van der Waals surface area (Å²) in [4.78, 5) is 2.17. The number of rotatable bonds is 8. The van der Waals surface area contributed by atoms with Crippen LogP contribution in [-0.2, 0) is 6.54 Å². The maximum atomic E-state index is 5.43. The normalized spacial score (nSPS) is 10.8. The third kappa shape index (κ3) is 5.65. The highest BCUT2D eigenvalue weighted by Crippen LogP contribution is 2.23. The van der Waals surface area contributed by atoms with Gasteiger partial charge in [0.1, 0.15) is 0 Å². The van der Waals surface area contributed by atoms with Crippen LogP contribution in [0.5, 0.6) is 0 Å². The molecule has 146 valence electrons. The van der Waals surface area contributed by atoms with Crippen LogP contribution < -0.4 is 10.6 Å². The third-order valence-electron chi connectivity index (χ3n) is 4.37. The number of aromatic nitrogens is 2. The number of benzene rings is 2. The second kappa shape index (κ2) is 10.0. The predicted molar refractivity (Wildman–Crippen MR) is 120 cm³/mol. The second-order valence-corrected chi connectivity index (χ2v) is 7.32. The summed E-state index contributed by atoms with van der Waals surface area (Å²) in [6.45, 7) is 2.52. The molecule has 0 fully saturated rings. The smallest absolute Gasteiger partial charge is 0.166 e. The predicted octanol–water partition coefficient (Wildman–Crippen LogP) is 3.46. The van der Waals surface area contributed by atoms with E-state index in [0.717, 1.165) is 42.0 Å². The van der Waals surface area contributed by atoms with Crippen molar-refractivity contribution in [2.75, 3.05) is 27.2 Å². The first-order valence-corrected chi connectivity index (χ1v) is 9.90. The Hall–Kier alpha value is -2.70. The summed E-state index contributed by atoms with van der Waals surface area (Å²) < 4.78 is 1.92. The maximum Gasteiger partial charge on any atom is 0.166 e. The van der Waals surface area contributed by atoms with Gasteiger partial charge in [-0.3, -0.25) is 0 Å². The van der Waals surface area contributed by atoms with Crippen molar-refractivity contribution in [3.8, 4) is 16.9 Å². The molecule has 28 heavy (non-hydrogen) atoms. The van der Waals surface area contributed by atoms with Crippen molar-refractivity contribution in [2.45, 2.75) is 13.0 Å². The molecule has 0 aliphatic heterocycles. The van der Waals surface area contributed by atoms with Crippen molar-refractivity contribution in [1.29, 1.82) is 0 Å². The summed E-state index contributed by atoms with van der Waals surface area (Å²) in [5.74, 6) is 0. The average Bonchev–Trinajstić information content (AvgIpc) is 3.15. The van der Waals surface area contributed by atoms with Crippen LogP contribution in [0.1, 0.15) is 12.0 Å². The van der Waals surface area contributed by atoms with E-state index in [-0.39, 0.29) is 0 Å². The summed E-state index contributed by atoms with van der Waals surface area (Å²) in [5.41, 5.74) is 4.20. The van der Waals surface area contributed by atoms with Crippen LogP contribution in [0.15, 0.2) is 66.9 Å². The molecule has 5 nitrogen and oxygen atoms in total. The molecule has 2 aromatic carbocycles. The summed E-state index contributed by atoms with van der Waals surface area (Å²) in [5, 5.41) is 12.1. The molecule has 0 saturated carbocycles. The molecule has 3 rings (SSSR count). The topological polar surface area (TPSA) is 45.1 Å². The number of nitrogens with zero attached hydrogens (tertiary/aromatic N) is 3. The van der Waals surface area contributed by atoms with Crippen LogP contribution in [-0.4, -0.2) is 47.0 Å². The second-order valence-electron chi connectivity index (χ2n) is 6.92. The molecule has 0 unspecified atom stereocenters. The molecule has 0 atom stereocenters. The Bertz CT molecular complexity index is 874. The van der Waals surface area contributed by atoms with E-state index in [1.165, 1.54) is 0 Å². The van der Waals surface area contributed by atoms with Crippen LogP contribution in [0.25, 0.3) is 16.9 Å². The number of hydrogen-bond acceptors (Lipinski definition) is 3. The highest BCUT2D eigenvalue weighted by Gasteiger charge is 2.12. The van der Waals surface area contributed by atoms with Gasteiger partial charge in [0.05, 0.1) is 11.4 Å². The van der Waals surface area contributed by atoms with E-state index in [1.54, 1.807) is 0 Å². The monoisotopic (exact) mass is 393 g/mol. The molecule has 0 aliphatic carbocycles. The van der Waals surface area contributed by atoms with Gasteiger partial charge in [0.15, 0.2) is 5.11 Å². The molecule has 2 N–H and O–H groups in total. The van der Waals surface area contributed by atoms with Crippen molar-refractivity contribution in [3.63, 3.8) is 0 Å².